The van der Waals surface area contributed by atoms with E-state index in [4.69, 9.17) is 0 Å². The second-order valence-electron chi connectivity index (χ2n) is 9.93. The van der Waals surface area contributed by atoms with Gasteiger partial charge in [-0.25, -0.2) is 0 Å². The van der Waals surface area contributed by atoms with Gasteiger partial charge in [0.25, 0.3) is 11.6 Å². The van der Waals surface area contributed by atoms with Crippen LogP contribution in [0.2, 0.25) is 0 Å². The van der Waals surface area contributed by atoms with E-state index >= 15 is 0 Å². The minimum absolute atomic E-state index is 0.0747. The molecular formula is C30H31N5O4. The van der Waals surface area contributed by atoms with Crippen LogP contribution in [0, 0.1) is 10.1 Å². The van der Waals surface area contributed by atoms with E-state index in [0.717, 1.165) is 36.4 Å². The van der Waals surface area contributed by atoms with Gasteiger partial charge < -0.3 is 16.0 Å². The standard InChI is InChI=1S/C30H31N5O4/c1-20(36)31-15-14-21-4-8-23(9-5-21)29(28-26-18-25(35(38)39)12-13-27(26)33-30(28)37)32-24-10-6-22(7-11-24)19-34-16-2-3-17-34/h4-13,18,32H,2-3,14-17,19H2,1H3,(H,31,36)(H,33,37)/b29-28-. The van der Waals surface area contributed by atoms with Crippen LogP contribution in [0.25, 0.3) is 11.3 Å². The third kappa shape index (κ3) is 6.15. The van der Waals surface area contributed by atoms with Crippen molar-refractivity contribution in [3.63, 3.8) is 0 Å². The fourth-order valence-corrected chi connectivity index (χ4v) is 5.05. The molecule has 0 atom stereocenters. The zero-order chi connectivity index (χ0) is 27.4. The molecule has 0 bridgehead atoms. The number of rotatable bonds is 9. The van der Waals surface area contributed by atoms with Gasteiger partial charge in [0, 0.05) is 49.1 Å². The molecule has 39 heavy (non-hydrogen) atoms. The van der Waals surface area contributed by atoms with Gasteiger partial charge in [-0.2, -0.15) is 0 Å². The summed E-state index contributed by atoms with van der Waals surface area (Å²) in [5.41, 5.74) is 5.68. The molecule has 5 rings (SSSR count). The summed E-state index contributed by atoms with van der Waals surface area (Å²) in [6.07, 6.45) is 3.15. The van der Waals surface area contributed by atoms with Crippen molar-refractivity contribution in [2.75, 3.05) is 30.3 Å². The maximum absolute atomic E-state index is 13.2. The van der Waals surface area contributed by atoms with Crippen LogP contribution in [-0.2, 0) is 22.6 Å². The van der Waals surface area contributed by atoms with E-state index in [1.54, 1.807) is 6.07 Å². The molecule has 3 aromatic carbocycles. The van der Waals surface area contributed by atoms with E-state index < -0.39 is 4.92 Å². The molecule has 200 valence electrons. The zero-order valence-electron chi connectivity index (χ0n) is 21.8. The summed E-state index contributed by atoms with van der Waals surface area (Å²) < 4.78 is 0. The predicted molar refractivity (Wildman–Crippen MR) is 152 cm³/mol. The van der Waals surface area contributed by atoms with E-state index in [1.807, 2.05) is 36.4 Å². The van der Waals surface area contributed by atoms with Gasteiger partial charge in [0.1, 0.15) is 0 Å². The average Bonchev–Trinajstić information content (AvgIpc) is 3.55. The lowest BCUT2D eigenvalue weighted by atomic mass is 9.98. The highest BCUT2D eigenvalue weighted by molar-refractivity contribution is 6.37. The number of nitro benzene ring substituents is 1. The number of nitrogens with one attached hydrogen (secondary N) is 3. The van der Waals surface area contributed by atoms with Gasteiger partial charge in [0.05, 0.1) is 16.2 Å². The average molecular weight is 526 g/mol. The summed E-state index contributed by atoms with van der Waals surface area (Å²) >= 11 is 0. The van der Waals surface area contributed by atoms with Gasteiger partial charge in [-0.1, -0.05) is 36.4 Å². The SMILES string of the molecule is CC(=O)NCCc1ccc(/C(Nc2ccc(CN3CCCC3)cc2)=C2/C(=O)Nc3ccc([N+](=O)[O-])cc32)cc1. The highest BCUT2D eigenvalue weighted by atomic mass is 16.6. The number of likely N-dealkylation sites (tertiary alicyclic amines) is 1. The largest absolute Gasteiger partial charge is 0.356 e. The molecule has 1 fully saturated rings. The molecule has 3 aromatic rings. The molecule has 0 aliphatic carbocycles. The van der Waals surface area contributed by atoms with Crippen molar-refractivity contribution >= 4 is 40.1 Å². The summed E-state index contributed by atoms with van der Waals surface area (Å²) in [7, 11) is 0. The number of amides is 2. The van der Waals surface area contributed by atoms with Gasteiger partial charge >= 0.3 is 0 Å². The van der Waals surface area contributed by atoms with Crippen LogP contribution >= 0.6 is 0 Å². The lowest BCUT2D eigenvalue weighted by molar-refractivity contribution is -0.384. The molecule has 0 radical (unpaired) electrons. The molecule has 0 saturated carbocycles. The van der Waals surface area contributed by atoms with Gasteiger partial charge in [0.15, 0.2) is 0 Å². The molecule has 0 spiro atoms. The van der Waals surface area contributed by atoms with Crippen LogP contribution in [0.15, 0.2) is 66.7 Å². The molecule has 2 aliphatic rings. The lowest BCUT2D eigenvalue weighted by Gasteiger charge is -2.17. The van der Waals surface area contributed by atoms with Crippen molar-refractivity contribution in [2.45, 2.75) is 32.7 Å². The van der Waals surface area contributed by atoms with Crippen LogP contribution in [0.3, 0.4) is 0 Å². The monoisotopic (exact) mass is 525 g/mol. The van der Waals surface area contributed by atoms with Crippen molar-refractivity contribution in [1.82, 2.24) is 10.2 Å². The smallest absolute Gasteiger partial charge is 0.270 e. The minimum atomic E-state index is -0.462. The van der Waals surface area contributed by atoms with Gasteiger partial charge in [-0.3, -0.25) is 24.6 Å². The summed E-state index contributed by atoms with van der Waals surface area (Å²) in [5.74, 6) is -0.400. The summed E-state index contributed by atoms with van der Waals surface area (Å²) in [5, 5.41) is 20.6. The number of anilines is 2. The number of carbonyl (C=O) groups excluding carboxylic acids is 2. The first-order valence-corrected chi connectivity index (χ1v) is 13.1. The number of non-ortho nitro benzene ring substituents is 1. The molecule has 0 aromatic heterocycles. The Morgan fingerprint density at radius 3 is 2.36 bits per heavy atom. The van der Waals surface area contributed by atoms with E-state index in [1.165, 1.54) is 37.5 Å². The maximum Gasteiger partial charge on any atom is 0.270 e. The van der Waals surface area contributed by atoms with Crippen LogP contribution < -0.4 is 16.0 Å². The second kappa shape index (κ2) is 11.5. The molecule has 0 unspecified atom stereocenters. The van der Waals surface area contributed by atoms with E-state index in [2.05, 4.69) is 33.0 Å². The molecule has 2 amide bonds. The summed E-state index contributed by atoms with van der Waals surface area (Å²) in [6.45, 7) is 5.17. The Morgan fingerprint density at radius 1 is 1.00 bits per heavy atom. The Hall–Kier alpha value is -4.50. The Labute approximate surface area is 227 Å². The number of hydrogen-bond donors (Lipinski definition) is 3. The quantitative estimate of drug-likeness (QED) is 0.210. The zero-order valence-corrected chi connectivity index (χ0v) is 21.8. The lowest BCUT2D eigenvalue weighted by Crippen LogP contribution is -2.22. The molecule has 9 nitrogen and oxygen atoms in total. The van der Waals surface area contributed by atoms with E-state index in [-0.39, 0.29) is 17.5 Å². The van der Waals surface area contributed by atoms with Crippen molar-refractivity contribution in [3.05, 3.63) is 99.1 Å². The molecule has 2 heterocycles. The fourth-order valence-electron chi connectivity index (χ4n) is 5.05. The normalized spacial score (nSPS) is 16.0. The number of hydrogen-bond acceptors (Lipinski definition) is 6. The van der Waals surface area contributed by atoms with Gasteiger partial charge in [0.2, 0.25) is 5.91 Å². The van der Waals surface area contributed by atoms with Crippen LogP contribution in [0.5, 0.6) is 0 Å². The number of fused-ring (bicyclic) bond motifs is 1. The Balaban J connectivity index is 1.49. The van der Waals surface area contributed by atoms with Crippen molar-refractivity contribution in [1.29, 1.82) is 0 Å². The Kier molecular flexibility index (Phi) is 7.69. The van der Waals surface area contributed by atoms with Gasteiger partial charge in [-0.15, -0.1) is 0 Å². The Morgan fingerprint density at radius 2 is 1.69 bits per heavy atom. The summed E-state index contributed by atoms with van der Waals surface area (Å²) in [4.78, 5) is 37.9. The van der Waals surface area contributed by atoms with Crippen molar-refractivity contribution in [2.24, 2.45) is 0 Å². The first-order chi connectivity index (χ1) is 18.9. The number of nitro groups is 1. The fraction of sp³-hybridized carbons (Fsp3) is 0.267. The molecular weight excluding hydrogens is 494 g/mol. The number of nitrogens with zero attached hydrogens (tertiary/aromatic N) is 2. The molecule has 3 N–H and O–H groups in total. The van der Waals surface area contributed by atoms with Crippen molar-refractivity contribution < 1.29 is 14.5 Å². The summed E-state index contributed by atoms with van der Waals surface area (Å²) in [6, 6.07) is 20.3. The van der Waals surface area contributed by atoms with Crippen LogP contribution in [0.4, 0.5) is 17.1 Å². The third-order valence-electron chi connectivity index (χ3n) is 7.07. The number of carbonyl (C=O) groups is 2. The second-order valence-corrected chi connectivity index (χ2v) is 9.93. The van der Waals surface area contributed by atoms with Crippen LogP contribution in [-0.4, -0.2) is 41.3 Å². The van der Waals surface area contributed by atoms with Crippen molar-refractivity contribution in [3.8, 4) is 0 Å². The van der Waals surface area contributed by atoms with E-state index in [0.29, 0.717) is 35.5 Å². The molecule has 9 heteroatoms. The topological polar surface area (TPSA) is 117 Å². The van der Waals surface area contributed by atoms with Crippen LogP contribution in [0.1, 0.15) is 42.0 Å². The Bertz CT molecular complexity index is 1420. The minimum Gasteiger partial charge on any atom is -0.356 e. The maximum atomic E-state index is 13.2. The molecule has 2 aliphatic heterocycles. The first-order valence-electron chi connectivity index (χ1n) is 13.1. The third-order valence-corrected chi connectivity index (χ3v) is 7.07. The first kappa shape index (κ1) is 26.1. The van der Waals surface area contributed by atoms with E-state index in [9.17, 15) is 19.7 Å². The predicted octanol–water partition coefficient (Wildman–Crippen LogP) is 4.80. The molecule has 1 saturated heterocycles. The van der Waals surface area contributed by atoms with Gasteiger partial charge in [-0.05, 0) is 67.2 Å². The highest BCUT2D eigenvalue weighted by Gasteiger charge is 2.30. The highest BCUT2D eigenvalue weighted by Crippen LogP contribution is 2.39. The number of benzene rings is 3.